The summed E-state index contributed by atoms with van der Waals surface area (Å²) >= 11 is 6.06. The zero-order valence-electron chi connectivity index (χ0n) is 12.5. The highest BCUT2D eigenvalue weighted by molar-refractivity contribution is 6.31. The zero-order chi connectivity index (χ0) is 15.9. The first-order valence-electron chi connectivity index (χ1n) is 7.24. The fourth-order valence-corrected chi connectivity index (χ4v) is 2.64. The third kappa shape index (κ3) is 2.99. The molecule has 1 aromatic carbocycles. The fourth-order valence-electron chi connectivity index (χ4n) is 2.41. The normalized spacial score (nSPS) is 14.2. The minimum absolute atomic E-state index is 0.0607. The lowest BCUT2D eigenvalue weighted by molar-refractivity contribution is -0.117. The summed E-state index contributed by atoms with van der Waals surface area (Å²) in [7, 11) is 0. The highest BCUT2D eigenvalue weighted by Crippen LogP contribution is 2.31. The number of anilines is 1. The van der Waals surface area contributed by atoms with Crippen LogP contribution in [-0.4, -0.2) is 15.7 Å². The molecule has 1 aromatic heterocycles. The first kappa shape index (κ1) is 15.0. The van der Waals surface area contributed by atoms with E-state index in [9.17, 15) is 9.18 Å². The second-order valence-corrected chi connectivity index (χ2v) is 6.11. The number of carbonyl (C=O) groups excluding carboxylic acids is 1. The Labute approximate surface area is 133 Å². The standard InChI is InChI=1S/C16H17ClFN3O/c1-9-15(19-16(22)11-3-4-11)10(2)21(20-9)8-12-5-6-13(18)7-14(12)17/h5-7,11H,3-4,8H2,1-2H3,(H,19,22). The van der Waals surface area contributed by atoms with Gasteiger partial charge in [-0.05, 0) is 44.4 Å². The van der Waals surface area contributed by atoms with E-state index in [1.54, 1.807) is 10.7 Å². The van der Waals surface area contributed by atoms with Gasteiger partial charge in [-0.1, -0.05) is 17.7 Å². The van der Waals surface area contributed by atoms with Gasteiger partial charge < -0.3 is 5.32 Å². The maximum absolute atomic E-state index is 13.1. The lowest BCUT2D eigenvalue weighted by Crippen LogP contribution is -2.14. The molecule has 4 nitrogen and oxygen atoms in total. The van der Waals surface area contributed by atoms with Crippen LogP contribution < -0.4 is 5.32 Å². The van der Waals surface area contributed by atoms with Crippen molar-refractivity contribution in [1.82, 2.24) is 9.78 Å². The zero-order valence-corrected chi connectivity index (χ0v) is 13.2. The maximum atomic E-state index is 13.1. The van der Waals surface area contributed by atoms with E-state index in [0.717, 1.165) is 35.5 Å². The van der Waals surface area contributed by atoms with E-state index in [1.165, 1.54) is 12.1 Å². The second kappa shape index (κ2) is 5.72. The smallest absolute Gasteiger partial charge is 0.227 e. The van der Waals surface area contributed by atoms with Crippen LogP contribution >= 0.6 is 11.6 Å². The quantitative estimate of drug-likeness (QED) is 0.933. The molecule has 0 spiro atoms. The van der Waals surface area contributed by atoms with E-state index in [0.29, 0.717) is 11.6 Å². The molecule has 0 saturated heterocycles. The molecule has 0 atom stereocenters. The number of amides is 1. The summed E-state index contributed by atoms with van der Waals surface area (Å²) in [4.78, 5) is 11.9. The summed E-state index contributed by atoms with van der Waals surface area (Å²) < 4.78 is 14.9. The average molecular weight is 322 g/mol. The van der Waals surface area contributed by atoms with Crippen molar-refractivity contribution < 1.29 is 9.18 Å². The van der Waals surface area contributed by atoms with Crippen LogP contribution in [0.4, 0.5) is 10.1 Å². The van der Waals surface area contributed by atoms with E-state index in [2.05, 4.69) is 10.4 Å². The Morgan fingerprint density at radius 3 is 2.82 bits per heavy atom. The maximum Gasteiger partial charge on any atom is 0.227 e. The third-order valence-electron chi connectivity index (χ3n) is 3.91. The molecule has 0 unspecified atom stereocenters. The van der Waals surface area contributed by atoms with Crippen molar-refractivity contribution >= 4 is 23.2 Å². The van der Waals surface area contributed by atoms with Gasteiger partial charge in [0.25, 0.3) is 0 Å². The van der Waals surface area contributed by atoms with Gasteiger partial charge in [0.2, 0.25) is 5.91 Å². The van der Waals surface area contributed by atoms with Gasteiger partial charge in [-0.25, -0.2) is 4.39 Å². The predicted molar refractivity (Wildman–Crippen MR) is 83.6 cm³/mol. The fraction of sp³-hybridized carbons (Fsp3) is 0.375. The van der Waals surface area contributed by atoms with Crippen LogP contribution in [0.5, 0.6) is 0 Å². The largest absolute Gasteiger partial charge is 0.323 e. The molecule has 1 aliphatic rings. The molecule has 6 heteroatoms. The van der Waals surface area contributed by atoms with Crippen LogP contribution in [0.1, 0.15) is 29.8 Å². The molecule has 3 rings (SSSR count). The number of nitrogens with zero attached hydrogens (tertiary/aromatic N) is 2. The van der Waals surface area contributed by atoms with Crippen LogP contribution in [0.15, 0.2) is 18.2 Å². The van der Waals surface area contributed by atoms with Gasteiger partial charge in [-0.3, -0.25) is 9.48 Å². The molecule has 1 N–H and O–H groups in total. The van der Waals surface area contributed by atoms with Crippen molar-refractivity contribution in [2.45, 2.75) is 33.2 Å². The van der Waals surface area contributed by atoms with Gasteiger partial charge in [0.05, 0.1) is 23.6 Å². The average Bonchev–Trinajstić information content (AvgIpc) is 3.26. The van der Waals surface area contributed by atoms with Crippen molar-refractivity contribution in [3.05, 3.63) is 46.0 Å². The summed E-state index contributed by atoms with van der Waals surface area (Å²) in [5.74, 6) is -0.154. The molecular formula is C16H17ClFN3O. The first-order valence-corrected chi connectivity index (χ1v) is 7.62. The number of rotatable bonds is 4. The molecule has 1 heterocycles. The van der Waals surface area contributed by atoms with E-state index >= 15 is 0 Å². The third-order valence-corrected chi connectivity index (χ3v) is 4.26. The van der Waals surface area contributed by atoms with Gasteiger partial charge >= 0.3 is 0 Å². The number of aryl methyl sites for hydroxylation is 1. The van der Waals surface area contributed by atoms with E-state index in [4.69, 9.17) is 11.6 Å². The molecular weight excluding hydrogens is 305 g/mol. The number of aromatic nitrogens is 2. The van der Waals surface area contributed by atoms with Gasteiger partial charge in [-0.2, -0.15) is 5.10 Å². The summed E-state index contributed by atoms with van der Waals surface area (Å²) in [5, 5.41) is 7.78. The van der Waals surface area contributed by atoms with Crippen molar-refractivity contribution in [3.8, 4) is 0 Å². The van der Waals surface area contributed by atoms with Crippen LogP contribution in [-0.2, 0) is 11.3 Å². The Bertz CT molecular complexity index is 737. The SMILES string of the molecule is Cc1nn(Cc2ccc(F)cc2Cl)c(C)c1NC(=O)C1CC1. The highest BCUT2D eigenvalue weighted by atomic mass is 35.5. The predicted octanol–water partition coefficient (Wildman–Crippen LogP) is 3.69. The van der Waals surface area contributed by atoms with Crippen molar-refractivity contribution in [1.29, 1.82) is 0 Å². The number of hydrogen-bond acceptors (Lipinski definition) is 2. The molecule has 1 aliphatic carbocycles. The van der Waals surface area contributed by atoms with Crippen molar-refractivity contribution in [2.24, 2.45) is 5.92 Å². The molecule has 0 aliphatic heterocycles. The topological polar surface area (TPSA) is 46.9 Å². The van der Waals surface area contributed by atoms with Crippen LogP contribution in [0.3, 0.4) is 0 Å². The Morgan fingerprint density at radius 2 is 2.18 bits per heavy atom. The van der Waals surface area contributed by atoms with Crippen LogP contribution in [0, 0.1) is 25.6 Å². The Hall–Kier alpha value is -1.88. The van der Waals surface area contributed by atoms with Crippen molar-refractivity contribution in [2.75, 3.05) is 5.32 Å². The number of nitrogens with one attached hydrogen (secondary N) is 1. The summed E-state index contributed by atoms with van der Waals surface area (Å²) in [6.07, 6.45) is 1.92. The Kier molecular flexibility index (Phi) is 3.91. The van der Waals surface area contributed by atoms with Crippen LogP contribution in [0.25, 0.3) is 0 Å². The first-order chi connectivity index (χ1) is 10.5. The van der Waals surface area contributed by atoms with Gasteiger partial charge in [0, 0.05) is 10.9 Å². The number of halogens is 2. The van der Waals surface area contributed by atoms with E-state index in [1.807, 2.05) is 13.8 Å². The molecule has 1 fully saturated rings. The van der Waals surface area contributed by atoms with Crippen molar-refractivity contribution in [3.63, 3.8) is 0 Å². The number of hydrogen-bond donors (Lipinski definition) is 1. The molecule has 2 aromatic rings. The Morgan fingerprint density at radius 1 is 1.45 bits per heavy atom. The van der Waals surface area contributed by atoms with Crippen LogP contribution in [0.2, 0.25) is 5.02 Å². The van der Waals surface area contributed by atoms with Gasteiger partial charge in [-0.15, -0.1) is 0 Å². The minimum Gasteiger partial charge on any atom is -0.323 e. The van der Waals surface area contributed by atoms with Gasteiger partial charge in [0.15, 0.2) is 0 Å². The molecule has 22 heavy (non-hydrogen) atoms. The molecule has 0 bridgehead atoms. The summed E-state index contributed by atoms with van der Waals surface area (Å²) in [6.45, 7) is 4.20. The lowest BCUT2D eigenvalue weighted by atomic mass is 10.2. The highest BCUT2D eigenvalue weighted by Gasteiger charge is 2.30. The number of carbonyl (C=O) groups is 1. The lowest BCUT2D eigenvalue weighted by Gasteiger charge is -2.08. The monoisotopic (exact) mass is 321 g/mol. The molecule has 116 valence electrons. The summed E-state index contributed by atoms with van der Waals surface area (Å²) in [6, 6.07) is 4.32. The Balaban J connectivity index is 1.83. The molecule has 1 saturated carbocycles. The summed E-state index contributed by atoms with van der Waals surface area (Å²) in [5.41, 5.74) is 3.18. The van der Waals surface area contributed by atoms with E-state index < -0.39 is 0 Å². The van der Waals surface area contributed by atoms with Gasteiger partial charge in [0.1, 0.15) is 5.82 Å². The molecule has 0 radical (unpaired) electrons. The molecule has 1 amide bonds. The van der Waals surface area contributed by atoms with E-state index in [-0.39, 0.29) is 17.6 Å². The second-order valence-electron chi connectivity index (χ2n) is 5.70. The minimum atomic E-state index is -0.362. The number of benzene rings is 1.